The number of rotatable bonds is 4. The van der Waals surface area contributed by atoms with E-state index in [4.69, 9.17) is 0 Å². The van der Waals surface area contributed by atoms with Gasteiger partial charge < -0.3 is 4.90 Å². The number of amides is 1. The molecule has 1 aliphatic rings. The smallest absolute Gasteiger partial charge is 0.244 e. The zero-order valence-corrected chi connectivity index (χ0v) is 13.2. The molecule has 0 bridgehead atoms. The number of fused-ring (bicyclic) bond motifs is 1. The van der Waals surface area contributed by atoms with E-state index in [1.54, 1.807) is 9.58 Å². The van der Waals surface area contributed by atoms with Crippen molar-refractivity contribution in [1.82, 2.24) is 19.9 Å². The number of carbonyl (C=O) groups is 1. The van der Waals surface area contributed by atoms with Gasteiger partial charge in [0.15, 0.2) is 9.84 Å². The molecule has 1 fully saturated rings. The molecule has 2 aromatic rings. The van der Waals surface area contributed by atoms with Crippen LogP contribution in [-0.2, 0) is 21.2 Å². The average molecular weight is 322 g/mol. The summed E-state index contributed by atoms with van der Waals surface area (Å²) in [4.78, 5) is 14.2. The maximum Gasteiger partial charge on any atom is 0.244 e. The van der Waals surface area contributed by atoms with Gasteiger partial charge in [-0.1, -0.05) is 17.3 Å². The number of benzene rings is 1. The van der Waals surface area contributed by atoms with Crippen molar-refractivity contribution in [3.05, 3.63) is 24.3 Å². The van der Waals surface area contributed by atoms with Gasteiger partial charge in [-0.15, -0.1) is 5.10 Å². The van der Waals surface area contributed by atoms with Crippen LogP contribution in [0.15, 0.2) is 24.3 Å². The Labute approximate surface area is 128 Å². The van der Waals surface area contributed by atoms with Crippen LogP contribution in [-0.4, -0.2) is 58.3 Å². The van der Waals surface area contributed by atoms with E-state index in [1.807, 2.05) is 31.2 Å². The first-order chi connectivity index (χ1) is 10.5. The largest absolute Gasteiger partial charge is 0.337 e. The van der Waals surface area contributed by atoms with E-state index in [-0.39, 0.29) is 30.0 Å². The molecule has 118 valence electrons. The summed E-state index contributed by atoms with van der Waals surface area (Å²) in [6.45, 7) is 2.43. The lowest BCUT2D eigenvalue weighted by Gasteiger charge is -2.26. The zero-order chi connectivity index (χ0) is 15.7. The number of carbonyl (C=O) groups excluding carboxylic acids is 1. The number of likely N-dealkylation sites (N-methyl/N-ethyl adjacent to an activating group) is 1. The molecule has 2 heterocycles. The van der Waals surface area contributed by atoms with Crippen LogP contribution in [0.4, 0.5) is 0 Å². The van der Waals surface area contributed by atoms with Gasteiger partial charge in [0.25, 0.3) is 0 Å². The van der Waals surface area contributed by atoms with Crippen molar-refractivity contribution in [3.63, 3.8) is 0 Å². The van der Waals surface area contributed by atoms with E-state index >= 15 is 0 Å². The summed E-state index contributed by atoms with van der Waals surface area (Å²) in [6, 6.07) is 7.21. The number of hydrogen-bond donors (Lipinski definition) is 0. The van der Waals surface area contributed by atoms with Crippen LogP contribution >= 0.6 is 0 Å². The second-order valence-corrected chi connectivity index (χ2v) is 7.70. The third-order valence-electron chi connectivity index (χ3n) is 4.02. The van der Waals surface area contributed by atoms with Crippen LogP contribution in [0.5, 0.6) is 0 Å². The molecule has 1 atom stereocenters. The minimum Gasteiger partial charge on any atom is -0.337 e. The normalized spacial score (nSPS) is 20.3. The van der Waals surface area contributed by atoms with E-state index in [9.17, 15) is 13.2 Å². The zero-order valence-electron chi connectivity index (χ0n) is 12.3. The van der Waals surface area contributed by atoms with E-state index < -0.39 is 9.84 Å². The summed E-state index contributed by atoms with van der Waals surface area (Å²) < 4.78 is 24.8. The molecule has 0 spiro atoms. The highest BCUT2D eigenvalue weighted by molar-refractivity contribution is 7.91. The summed E-state index contributed by atoms with van der Waals surface area (Å²) >= 11 is 0. The summed E-state index contributed by atoms with van der Waals surface area (Å²) in [7, 11) is -3.01. The fourth-order valence-corrected chi connectivity index (χ4v) is 4.64. The predicted molar refractivity (Wildman–Crippen MR) is 82.0 cm³/mol. The number of hydrogen-bond acceptors (Lipinski definition) is 5. The van der Waals surface area contributed by atoms with Gasteiger partial charge in [0, 0.05) is 12.6 Å². The molecule has 3 rings (SSSR count). The van der Waals surface area contributed by atoms with Crippen LogP contribution in [0.25, 0.3) is 11.0 Å². The second kappa shape index (κ2) is 5.68. The fraction of sp³-hybridized carbons (Fsp3) is 0.500. The lowest BCUT2D eigenvalue weighted by Crippen LogP contribution is -2.42. The van der Waals surface area contributed by atoms with Crippen molar-refractivity contribution in [2.45, 2.75) is 25.9 Å². The van der Waals surface area contributed by atoms with E-state index in [0.29, 0.717) is 13.0 Å². The van der Waals surface area contributed by atoms with Gasteiger partial charge in [0.1, 0.15) is 12.1 Å². The third kappa shape index (κ3) is 2.83. The summed E-state index contributed by atoms with van der Waals surface area (Å²) in [5.74, 6) is 0.0959. The standard InChI is InChI=1S/C14H18N4O3S/c1-2-17(11-7-8-22(20,21)10-11)14(19)9-18-13-6-4-3-5-12(13)15-16-18/h3-6,11H,2,7-10H2,1H3/t11-/m1/s1. The summed E-state index contributed by atoms with van der Waals surface area (Å²) in [5.41, 5.74) is 1.53. The topological polar surface area (TPSA) is 85.2 Å². The number of aromatic nitrogens is 3. The van der Waals surface area contributed by atoms with Gasteiger partial charge in [0.05, 0.1) is 17.0 Å². The van der Waals surface area contributed by atoms with Gasteiger partial charge in [-0.05, 0) is 25.5 Å². The van der Waals surface area contributed by atoms with Gasteiger partial charge >= 0.3 is 0 Å². The van der Waals surface area contributed by atoms with Gasteiger partial charge in [0.2, 0.25) is 5.91 Å². The quantitative estimate of drug-likeness (QED) is 0.817. The molecule has 1 saturated heterocycles. The van der Waals surface area contributed by atoms with E-state index in [2.05, 4.69) is 10.3 Å². The van der Waals surface area contributed by atoms with Gasteiger partial charge in [-0.2, -0.15) is 0 Å². The van der Waals surface area contributed by atoms with Crippen LogP contribution in [0.1, 0.15) is 13.3 Å². The minimum absolute atomic E-state index is 0.0602. The van der Waals surface area contributed by atoms with Crippen molar-refractivity contribution < 1.29 is 13.2 Å². The SMILES string of the molecule is CCN(C(=O)Cn1nnc2ccccc21)[C@@H]1CCS(=O)(=O)C1. The Morgan fingerprint density at radius 1 is 1.41 bits per heavy atom. The molecule has 1 aliphatic heterocycles. The Morgan fingerprint density at radius 2 is 2.18 bits per heavy atom. The molecule has 22 heavy (non-hydrogen) atoms. The molecule has 1 aromatic heterocycles. The Kier molecular flexibility index (Phi) is 3.86. The summed E-state index contributed by atoms with van der Waals surface area (Å²) in [6.07, 6.45) is 0.514. The molecule has 8 heteroatoms. The lowest BCUT2D eigenvalue weighted by molar-refractivity contribution is -0.133. The highest BCUT2D eigenvalue weighted by Gasteiger charge is 2.34. The van der Waals surface area contributed by atoms with Gasteiger partial charge in [-0.25, -0.2) is 13.1 Å². The number of sulfone groups is 1. The maximum absolute atomic E-state index is 12.5. The van der Waals surface area contributed by atoms with Crippen molar-refractivity contribution in [2.75, 3.05) is 18.1 Å². The van der Waals surface area contributed by atoms with Gasteiger partial charge in [-0.3, -0.25) is 4.79 Å². The van der Waals surface area contributed by atoms with Crippen LogP contribution in [0.3, 0.4) is 0 Å². The third-order valence-corrected chi connectivity index (χ3v) is 5.77. The first kappa shape index (κ1) is 15.0. The highest BCUT2D eigenvalue weighted by atomic mass is 32.2. The van der Waals surface area contributed by atoms with Crippen molar-refractivity contribution in [2.24, 2.45) is 0 Å². The molecule has 0 radical (unpaired) electrons. The molecule has 0 saturated carbocycles. The van der Waals surface area contributed by atoms with Crippen molar-refractivity contribution in [1.29, 1.82) is 0 Å². The molecule has 0 N–H and O–H groups in total. The van der Waals surface area contributed by atoms with Crippen molar-refractivity contribution >= 4 is 26.8 Å². The molecular formula is C14H18N4O3S. The number of nitrogens with zero attached hydrogens (tertiary/aromatic N) is 4. The Morgan fingerprint density at radius 3 is 2.86 bits per heavy atom. The fourth-order valence-electron chi connectivity index (χ4n) is 2.91. The van der Waals surface area contributed by atoms with Crippen LogP contribution < -0.4 is 0 Å². The summed E-state index contributed by atoms with van der Waals surface area (Å²) in [5, 5.41) is 8.03. The first-order valence-electron chi connectivity index (χ1n) is 7.28. The molecule has 1 amide bonds. The molecule has 7 nitrogen and oxygen atoms in total. The minimum atomic E-state index is -3.01. The van der Waals surface area contributed by atoms with Crippen LogP contribution in [0.2, 0.25) is 0 Å². The van der Waals surface area contributed by atoms with E-state index in [1.165, 1.54) is 0 Å². The number of para-hydroxylation sites is 1. The Hall–Kier alpha value is -1.96. The Balaban J connectivity index is 1.78. The van der Waals surface area contributed by atoms with E-state index in [0.717, 1.165) is 11.0 Å². The molecular weight excluding hydrogens is 304 g/mol. The lowest BCUT2D eigenvalue weighted by atomic mass is 10.2. The monoisotopic (exact) mass is 322 g/mol. The van der Waals surface area contributed by atoms with Crippen LogP contribution in [0, 0.1) is 0 Å². The predicted octanol–water partition coefficient (Wildman–Crippen LogP) is 0.467. The molecule has 0 aliphatic carbocycles. The second-order valence-electron chi connectivity index (χ2n) is 5.47. The molecule has 0 unspecified atom stereocenters. The Bertz CT molecular complexity index is 799. The first-order valence-corrected chi connectivity index (χ1v) is 9.10. The van der Waals surface area contributed by atoms with Crippen molar-refractivity contribution in [3.8, 4) is 0 Å². The highest BCUT2D eigenvalue weighted by Crippen LogP contribution is 2.18. The average Bonchev–Trinajstić information content (AvgIpc) is 3.04. The maximum atomic E-state index is 12.5. The molecule has 1 aromatic carbocycles.